The third kappa shape index (κ3) is 3.21. The molecule has 3 nitrogen and oxygen atoms in total. The first-order valence-electron chi connectivity index (χ1n) is 6.63. The van der Waals surface area contributed by atoms with Crippen molar-refractivity contribution in [3.63, 3.8) is 0 Å². The maximum Gasteiger partial charge on any atom is 0.224 e. The number of amides is 1. The van der Waals surface area contributed by atoms with Crippen molar-refractivity contribution in [3.8, 4) is 0 Å². The molecule has 0 bridgehead atoms. The third-order valence-electron chi connectivity index (χ3n) is 4.32. The summed E-state index contributed by atoms with van der Waals surface area (Å²) < 4.78 is 0. The Morgan fingerprint density at radius 2 is 1.82 bits per heavy atom. The minimum Gasteiger partial charge on any atom is -0.351 e. The second kappa shape index (κ2) is 4.60. The van der Waals surface area contributed by atoms with Crippen LogP contribution in [0.3, 0.4) is 0 Å². The first-order valence-corrected chi connectivity index (χ1v) is 6.63. The number of hydrogen-bond donors (Lipinski definition) is 2. The molecule has 100 valence electrons. The molecule has 17 heavy (non-hydrogen) atoms. The van der Waals surface area contributed by atoms with Gasteiger partial charge in [0.05, 0.1) is 0 Å². The molecule has 1 aliphatic carbocycles. The van der Waals surface area contributed by atoms with Crippen molar-refractivity contribution >= 4 is 5.91 Å². The number of carbonyl (C=O) groups is 1. The molecule has 1 rings (SSSR count). The van der Waals surface area contributed by atoms with Crippen LogP contribution in [0.5, 0.6) is 0 Å². The smallest absolute Gasteiger partial charge is 0.224 e. The number of nitrogens with one attached hydrogen (secondary N) is 1. The molecular formula is C14H28N2O. The molecule has 1 aliphatic rings. The van der Waals surface area contributed by atoms with Crippen LogP contribution >= 0.6 is 0 Å². The minimum atomic E-state index is -0.157. The van der Waals surface area contributed by atoms with Crippen LogP contribution in [0.1, 0.15) is 54.4 Å². The summed E-state index contributed by atoms with van der Waals surface area (Å²) in [5.41, 5.74) is 5.93. The second-order valence-corrected chi connectivity index (χ2v) is 7.14. The van der Waals surface area contributed by atoms with E-state index in [1.165, 1.54) is 0 Å². The predicted octanol–water partition coefficient (Wildman–Crippen LogP) is 2.30. The zero-order valence-electron chi connectivity index (χ0n) is 12.1. The minimum absolute atomic E-state index is 0.0208. The van der Waals surface area contributed by atoms with Gasteiger partial charge in [0.25, 0.3) is 0 Å². The highest BCUT2D eigenvalue weighted by molar-refractivity contribution is 5.80. The highest BCUT2D eigenvalue weighted by Gasteiger charge is 2.45. The first kappa shape index (κ1) is 14.5. The monoisotopic (exact) mass is 240 g/mol. The maximum atomic E-state index is 12.3. The summed E-state index contributed by atoms with van der Waals surface area (Å²) in [5.74, 6) is 0.643. The summed E-state index contributed by atoms with van der Waals surface area (Å²) >= 11 is 0. The van der Waals surface area contributed by atoms with Gasteiger partial charge in [0.1, 0.15) is 0 Å². The molecule has 1 fully saturated rings. The molecule has 3 N–H and O–H groups in total. The zero-order valence-corrected chi connectivity index (χ0v) is 12.1. The van der Waals surface area contributed by atoms with Crippen LogP contribution in [0, 0.1) is 17.3 Å². The van der Waals surface area contributed by atoms with E-state index in [4.69, 9.17) is 5.73 Å². The topological polar surface area (TPSA) is 55.1 Å². The summed E-state index contributed by atoms with van der Waals surface area (Å²) in [7, 11) is 0. The van der Waals surface area contributed by atoms with E-state index in [2.05, 4.69) is 26.1 Å². The molecule has 3 atom stereocenters. The van der Waals surface area contributed by atoms with Gasteiger partial charge < -0.3 is 11.1 Å². The van der Waals surface area contributed by atoms with Crippen molar-refractivity contribution in [3.05, 3.63) is 0 Å². The van der Waals surface area contributed by atoms with E-state index >= 15 is 0 Å². The lowest BCUT2D eigenvalue weighted by molar-refractivity contribution is -0.134. The summed E-state index contributed by atoms with van der Waals surface area (Å²) in [6, 6.07) is 0.226. The van der Waals surface area contributed by atoms with Crippen LogP contribution in [0.15, 0.2) is 0 Å². The molecule has 0 heterocycles. The van der Waals surface area contributed by atoms with Gasteiger partial charge in [-0.3, -0.25) is 4.79 Å². The molecular weight excluding hydrogens is 212 g/mol. The van der Waals surface area contributed by atoms with E-state index in [-0.39, 0.29) is 28.8 Å². The van der Waals surface area contributed by atoms with Crippen LogP contribution in [-0.4, -0.2) is 17.5 Å². The lowest BCUT2D eigenvalue weighted by Crippen LogP contribution is -2.54. The first-order chi connectivity index (χ1) is 7.55. The van der Waals surface area contributed by atoms with Gasteiger partial charge in [-0.25, -0.2) is 0 Å². The van der Waals surface area contributed by atoms with E-state index in [0.29, 0.717) is 5.92 Å². The van der Waals surface area contributed by atoms with Crippen molar-refractivity contribution in [1.82, 2.24) is 5.32 Å². The fourth-order valence-electron chi connectivity index (χ4n) is 2.78. The van der Waals surface area contributed by atoms with Crippen LogP contribution < -0.4 is 11.1 Å². The Morgan fingerprint density at radius 1 is 1.29 bits per heavy atom. The summed E-state index contributed by atoms with van der Waals surface area (Å²) in [6.45, 7) is 12.6. The molecule has 0 aromatic carbocycles. The zero-order chi connectivity index (χ0) is 13.4. The Labute approximate surface area is 106 Å². The molecule has 0 spiro atoms. The SMILES string of the molecule is CC1C(N)CCC(C(=O)NC(C)(C)C)C1(C)C. The van der Waals surface area contributed by atoms with Crippen molar-refractivity contribution < 1.29 is 4.79 Å². The molecule has 0 aromatic heterocycles. The van der Waals surface area contributed by atoms with Crippen LogP contribution in [-0.2, 0) is 4.79 Å². The quantitative estimate of drug-likeness (QED) is 0.739. The Morgan fingerprint density at radius 3 is 2.29 bits per heavy atom. The van der Waals surface area contributed by atoms with E-state index in [0.717, 1.165) is 12.8 Å². The Kier molecular flexibility index (Phi) is 3.92. The summed E-state index contributed by atoms with van der Waals surface area (Å²) in [6.07, 6.45) is 1.85. The van der Waals surface area contributed by atoms with Gasteiger partial charge >= 0.3 is 0 Å². The summed E-state index contributed by atoms with van der Waals surface area (Å²) in [4.78, 5) is 12.3. The van der Waals surface area contributed by atoms with E-state index in [1.807, 2.05) is 20.8 Å². The van der Waals surface area contributed by atoms with Gasteiger partial charge in [0, 0.05) is 17.5 Å². The fourth-order valence-corrected chi connectivity index (χ4v) is 2.78. The van der Waals surface area contributed by atoms with E-state index in [1.54, 1.807) is 0 Å². The Balaban J connectivity index is 2.81. The highest BCUT2D eigenvalue weighted by Crippen LogP contribution is 2.44. The number of hydrogen-bond acceptors (Lipinski definition) is 2. The molecule has 1 amide bonds. The van der Waals surface area contributed by atoms with Crippen LogP contribution in [0.2, 0.25) is 0 Å². The molecule has 0 aromatic rings. The molecule has 0 radical (unpaired) electrons. The van der Waals surface area contributed by atoms with Crippen molar-refractivity contribution in [2.45, 2.75) is 66.0 Å². The Bertz CT molecular complexity index is 291. The van der Waals surface area contributed by atoms with Gasteiger partial charge in [-0.05, 0) is 44.9 Å². The Hall–Kier alpha value is -0.570. The van der Waals surface area contributed by atoms with Gasteiger partial charge in [-0.2, -0.15) is 0 Å². The number of nitrogens with two attached hydrogens (primary N) is 1. The van der Waals surface area contributed by atoms with Gasteiger partial charge in [0.15, 0.2) is 0 Å². The van der Waals surface area contributed by atoms with E-state index in [9.17, 15) is 4.79 Å². The summed E-state index contributed by atoms with van der Waals surface area (Å²) in [5, 5.41) is 3.10. The van der Waals surface area contributed by atoms with Gasteiger partial charge in [-0.15, -0.1) is 0 Å². The number of carbonyl (C=O) groups excluding carboxylic acids is 1. The normalized spacial score (nSPS) is 33.2. The molecule has 3 heteroatoms. The lowest BCUT2D eigenvalue weighted by atomic mass is 9.61. The third-order valence-corrected chi connectivity index (χ3v) is 4.32. The molecule has 1 saturated carbocycles. The average molecular weight is 240 g/mol. The highest BCUT2D eigenvalue weighted by atomic mass is 16.2. The van der Waals surface area contributed by atoms with Crippen LogP contribution in [0.25, 0.3) is 0 Å². The second-order valence-electron chi connectivity index (χ2n) is 7.14. The molecule has 0 aliphatic heterocycles. The largest absolute Gasteiger partial charge is 0.351 e. The maximum absolute atomic E-state index is 12.3. The van der Waals surface area contributed by atoms with Gasteiger partial charge in [-0.1, -0.05) is 20.8 Å². The van der Waals surface area contributed by atoms with Crippen molar-refractivity contribution in [2.75, 3.05) is 0 Å². The molecule has 3 unspecified atom stereocenters. The van der Waals surface area contributed by atoms with Crippen molar-refractivity contribution in [2.24, 2.45) is 23.0 Å². The van der Waals surface area contributed by atoms with Crippen molar-refractivity contribution in [1.29, 1.82) is 0 Å². The average Bonchev–Trinajstić information content (AvgIpc) is 2.11. The van der Waals surface area contributed by atoms with E-state index < -0.39 is 0 Å². The number of rotatable bonds is 1. The molecule has 0 saturated heterocycles. The predicted molar refractivity (Wildman–Crippen MR) is 71.5 cm³/mol. The fraction of sp³-hybridized carbons (Fsp3) is 0.929. The lowest BCUT2D eigenvalue weighted by Gasteiger charge is -2.46. The van der Waals surface area contributed by atoms with Crippen LogP contribution in [0.4, 0.5) is 0 Å². The van der Waals surface area contributed by atoms with Gasteiger partial charge in [0.2, 0.25) is 5.91 Å². The standard InChI is InChI=1S/C14H28N2O/c1-9-11(15)8-7-10(14(9,5)6)12(17)16-13(2,3)4/h9-11H,7-8,15H2,1-6H3,(H,16,17).